The van der Waals surface area contributed by atoms with E-state index < -0.39 is 34.8 Å². The van der Waals surface area contributed by atoms with Crippen LogP contribution in [0.1, 0.15) is 62.2 Å². The van der Waals surface area contributed by atoms with E-state index in [2.05, 4.69) is 15.6 Å². The van der Waals surface area contributed by atoms with Gasteiger partial charge in [0.2, 0.25) is 5.91 Å². The zero-order chi connectivity index (χ0) is 29.3. The average molecular weight is 577 g/mol. The molecule has 41 heavy (non-hydrogen) atoms. The zero-order valence-corrected chi connectivity index (χ0v) is 23.2. The second-order valence-electron chi connectivity index (χ2n) is 11.9. The van der Waals surface area contributed by atoms with Crippen LogP contribution in [0.5, 0.6) is 5.75 Å². The predicted octanol–water partition coefficient (Wildman–Crippen LogP) is 5.11. The number of halogens is 4. The molecule has 2 aliphatic heterocycles. The summed E-state index contributed by atoms with van der Waals surface area (Å²) in [4.78, 5) is 31.3. The lowest BCUT2D eigenvalue weighted by atomic mass is 9.67. The number of likely N-dealkylation sites (tertiary alicyclic amines) is 1. The number of pyridine rings is 1. The highest BCUT2D eigenvalue weighted by Crippen LogP contribution is 2.53. The van der Waals surface area contributed by atoms with Gasteiger partial charge in [-0.05, 0) is 95.3 Å². The summed E-state index contributed by atoms with van der Waals surface area (Å²) in [6.07, 6.45) is 1.49. The quantitative estimate of drug-likeness (QED) is 0.336. The second kappa shape index (κ2) is 11.7. The minimum Gasteiger partial charge on any atom is -0.492 e. The van der Waals surface area contributed by atoms with E-state index in [9.17, 15) is 27.2 Å². The van der Waals surface area contributed by atoms with E-state index in [0.29, 0.717) is 56.1 Å². The normalized spacial score (nSPS) is 23.1. The molecule has 0 bridgehead atoms. The van der Waals surface area contributed by atoms with E-state index in [1.54, 1.807) is 31.3 Å². The Bertz CT molecular complexity index is 1250. The van der Waals surface area contributed by atoms with Crippen molar-refractivity contribution in [3.63, 3.8) is 0 Å². The monoisotopic (exact) mass is 576 g/mol. The second-order valence-corrected chi connectivity index (χ2v) is 11.9. The lowest BCUT2D eigenvalue weighted by Gasteiger charge is -2.47. The number of hydrogen-bond acceptors (Lipinski definition) is 6. The molecule has 1 atom stereocenters. The van der Waals surface area contributed by atoms with Gasteiger partial charge in [-0.25, -0.2) is 4.39 Å². The van der Waals surface area contributed by atoms with Crippen LogP contribution in [0, 0.1) is 17.2 Å². The Morgan fingerprint density at radius 3 is 2.44 bits per heavy atom. The fourth-order valence-corrected chi connectivity index (χ4v) is 5.98. The third-order valence-corrected chi connectivity index (χ3v) is 8.97. The smallest absolute Gasteiger partial charge is 0.395 e. The predicted molar refractivity (Wildman–Crippen MR) is 145 cm³/mol. The zero-order valence-electron chi connectivity index (χ0n) is 23.2. The van der Waals surface area contributed by atoms with Crippen LogP contribution in [0.4, 0.5) is 17.6 Å². The topological polar surface area (TPSA) is 83.6 Å². The Labute approximate surface area is 237 Å². The molecule has 0 radical (unpaired) electrons. The van der Waals surface area contributed by atoms with Gasteiger partial charge in [-0.3, -0.25) is 19.9 Å². The number of nitrogens with zero attached hydrogens (tertiary/aromatic N) is 2. The van der Waals surface area contributed by atoms with Gasteiger partial charge in [0.1, 0.15) is 11.6 Å². The third-order valence-electron chi connectivity index (χ3n) is 8.97. The van der Waals surface area contributed by atoms with E-state index in [1.807, 2.05) is 4.90 Å². The van der Waals surface area contributed by atoms with Gasteiger partial charge >= 0.3 is 6.18 Å². The molecule has 3 fully saturated rings. The molecule has 5 rings (SSSR count). The fourth-order valence-electron chi connectivity index (χ4n) is 5.98. The van der Waals surface area contributed by atoms with Gasteiger partial charge in [0.15, 0.2) is 0 Å². The van der Waals surface area contributed by atoms with Crippen LogP contribution in [0.3, 0.4) is 0 Å². The molecule has 222 valence electrons. The number of aromatic nitrogens is 1. The molecule has 2 aromatic rings. The summed E-state index contributed by atoms with van der Waals surface area (Å²) in [5.74, 6) is -1.23. The summed E-state index contributed by atoms with van der Waals surface area (Å²) in [6.45, 7) is 4.21. The minimum atomic E-state index is -4.14. The van der Waals surface area contributed by atoms with Crippen LogP contribution in [0.25, 0.3) is 11.3 Å². The van der Waals surface area contributed by atoms with E-state index in [4.69, 9.17) is 4.74 Å². The lowest BCUT2D eigenvalue weighted by Crippen LogP contribution is -2.53. The van der Waals surface area contributed by atoms with Crippen molar-refractivity contribution in [3.8, 4) is 17.0 Å². The number of piperidine rings is 1. The van der Waals surface area contributed by atoms with Gasteiger partial charge in [0, 0.05) is 12.1 Å². The van der Waals surface area contributed by atoms with Crippen molar-refractivity contribution in [2.75, 3.05) is 32.8 Å². The summed E-state index contributed by atoms with van der Waals surface area (Å²) < 4.78 is 61.2. The molecule has 2 amide bonds. The van der Waals surface area contributed by atoms with Crippen LogP contribution in [-0.2, 0) is 4.79 Å². The van der Waals surface area contributed by atoms with Crippen LogP contribution < -0.4 is 15.4 Å². The third kappa shape index (κ3) is 6.40. The number of amides is 2. The highest BCUT2D eigenvalue weighted by atomic mass is 19.4. The molecule has 2 saturated heterocycles. The van der Waals surface area contributed by atoms with Gasteiger partial charge in [-0.15, -0.1) is 0 Å². The molecule has 0 spiro atoms. The van der Waals surface area contributed by atoms with Crippen molar-refractivity contribution in [2.45, 2.75) is 63.6 Å². The summed E-state index contributed by atoms with van der Waals surface area (Å²) in [5, 5.41) is 5.36. The van der Waals surface area contributed by atoms with Crippen LogP contribution in [0.15, 0.2) is 36.5 Å². The molecule has 7 nitrogen and oxygen atoms in total. The van der Waals surface area contributed by atoms with Crippen molar-refractivity contribution in [2.24, 2.45) is 11.3 Å². The lowest BCUT2D eigenvalue weighted by molar-refractivity contribution is -0.256. The molecular formula is C30H36F4N4O3. The molecule has 1 aromatic carbocycles. The molecule has 1 aliphatic carbocycles. The summed E-state index contributed by atoms with van der Waals surface area (Å²) in [5.41, 5.74) is -1.63. The Balaban J connectivity index is 1.10. The van der Waals surface area contributed by atoms with Gasteiger partial charge in [-0.2, -0.15) is 13.2 Å². The summed E-state index contributed by atoms with van der Waals surface area (Å²) in [7, 11) is 0. The van der Waals surface area contributed by atoms with Gasteiger partial charge in [-0.1, -0.05) is 12.5 Å². The Kier molecular flexibility index (Phi) is 8.39. The number of hydrogen-bond donors (Lipinski definition) is 2. The van der Waals surface area contributed by atoms with Crippen molar-refractivity contribution in [3.05, 3.63) is 47.9 Å². The Morgan fingerprint density at radius 1 is 1.12 bits per heavy atom. The van der Waals surface area contributed by atoms with Gasteiger partial charge in [0.05, 0.1) is 35.0 Å². The standard InChI is InChI=1S/C30H36F4N4O3/c1-28(10-3-13-36-28)27(40)37-26(39)23-6-4-21(16-24(23)31)25-7-5-22(17-35-25)41-18-20-8-14-38(15-9-20)19-29(11-2-12-29)30(32,33)34/h4-7,16-17,20,36H,2-3,8-15,18-19H2,1H3,(H,37,39,40)/t28-/m0/s1. The average Bonchev–Trinajstić information content (AvgIpc) is 3.37. The van der Waals surface area contributed by atoms with Gasteiger partial charge < -0.3 is 15.0 Å². The molecule has 3 heterocycles. The molecule has 3 aliphatic rings. The van der Waals surface area contributed by atoms with Crippen molar-refractivity contribution < 1.29 is 31.9 Å². The highest BCUT2D eigenvalue weighted by molar-refractivity contribution is 6.07. The number of imide groups is 1. The number of carbonyl (C=O) groups is 2. The van der Waals surface area contributed by atoms with E-state index in [1.165, 1.54) is 12.1 Å². The van der Waals surface area contributed by atoms with Crippen molar-refractivity contribution >= 4 is 11.8 Å². The fraction of sp³-hybridized carbons (Fsp3) is 0.567. The molecule has 1 saturated carbocycles. The molecule has 0 unspecified atom stereocenters. The molecular weight excluding hydrogens is 540 g/mol. The first-order chi connectivity index (χ1) is 19.5. The Hall–Kier alpha value is -3.05. The summed E-state index contributed by atoms with van der Waals surface area (Å²) in [6, 6.07) is 7.53. The van der Waals surface area contributed by atoms with Crippen LogP contribution >= 0.6 is 0 Å². The first kappa shape index (κ1) is 29.4. The maximum absolute atomic E-state index is 14.8. The van der Waals surface area contributed by atoms with Crippen molar-refractivity contribution in [1.29, 1.82) is 0 Å². The van der Waals surface area contributed by atoms with E-state index >= 15 is 0 Å². The van der Waals surface area contributed by atoms with E-state index in [0.717, 1.165) is 19.3 Å². The highest BCUT2D eigenvalue weighted by Gasteiger charge is 2.58. The first-order valence-corrected chi connectivity index (χ1v) is 14.3. The number of benzene rings is 1. The number of nitrogens with one attached hydrogen (secondary N) is 2. The number of carbonyl (C=O) groups excluding carboxylic acids is 2. The number of ether oxygens (including phenoxy) is 1. The molecule has 2 N–H and O–H groups in total. The van der Waals surface area contributed by atoms with Crippen molar-refractivity contribution in [1.82, 2.24) is 20.5 Å². The van der Waals surface area contributed by atoms with Crippen LogP contribution in [-0.4, -0.2) is 66.2 Å². The summed E-state index contributed by atoms with van der Waals surface area (Å²) >= 11 is 0. The molecule has 1 aromatic heterocycles. The first-order valence-electron chi connectivity index (χ1n) is 14.3. The number of rotatable bonds is 8. The maximum Gasteiger partial charge on any atom is 0.395 e. The minimum absolute atomic E-state index is 0.0940. The van der Waals surface area contributed by atoms with E-state index in [-0.39, 0.29) is 30.9 Å². The molecule has 11 heteroatoms. The SMILES string of the molecule is C[C@@]1(C(=O)NC(=O)c2ccc(-c3ccc(OCC4CCN(CC5(C(F)(F)F)CCC5)CC4)cn3)cc2F)CCCN1. The van der Waals surface area contributed by atoms with Gasteiger partial charge in [0.25, 0.3) is 5.91 Å². The maximum atomic E-state index is 14.8. The Morgan fingerprint density at radius 2 is 1.88 bits per heavy atom. The largest absolute Gasteiger partial charge is 0.492 e. The number of alkyl halides is 3. The van der Waals surface area contributed by atoms with Crippen LogP contribution in [0.2, 0.25) is 0 Å².